The number of halogens is 2. The molecule has 1 heterocycles. The third kappa shape index (κ3) is 3.19. The number of benzene rings is 2. The van der Waals surface area contributed by atoms with Crippen LogP contribution in [-0.2, 0) is 6.61 Å². The monoisotopic (exact) mass is 369 g/mol. The lowest BCUT2D eigenvalue weighted by atomic mass is 10.1. The van der Waals surface area contributed by atoms with Gasteiger partial charge in [-0.3, -0.25) is 0 Å². The quantitative estimate of drug-likeness (QED) is 0.829. The van der Waals surface area contributed by atoms with Gasteiger partial charge in [0.1, 0.15) is 25.6 Å². The Labute approximate surface area is 135 Å². The van der Waals surface area contributed by atoms with Crippen molar-refractivity contribution in [2.75, 3.05) is 18.9 Å². The van der Waals surface area contributed by atoms with Crippen LogP contribution in [0.2, 0.25) is 5.02 Å². The molecular formula is C15H13BrClNO3. The highest BCUT2D eigenvalue weighted by atomic mass is 79.9. The molecule has 1 aliphatic rings. The van der Waals surface area contributed by atoms with Gasteiger partial charge in [0.2, 0.25) is 0 Å². The molecule has 1 aliphatic heterocycles. The van der Waals surface area contributed by atoms with Crippen molar-refractivity contribution in [3.8, 4) is 17.2 Å². The maximum Gasteiger partial charge on any atom is 0.163 e. The van der Waals surface area contributed by atoms with Gasteiger partial charge in [0.05, 0.1) is 5.02 Å². The summed E-state index contributed by atoms with van der Waals surface area (Å²) in [6.07, 6.45) is 0. The molecule has 0 spiro atoms. The minimum Gasteiger partial charge on any atom is -0.487 e. The zero-order valence-electron chi connectivity index (χ0n) is 11.1. The molecule has 0 unspecified atom stereocenters. The Hall–Kier alpha value is -1.59. The average Bonchev–Trinajstić information content (AvgIpc) is 2.46. The molecular weight excluding hydrogens is 358 g/mol. The number of nitrogen functional groups attached to an aromatic ring is 1. The molecule has 0 fully saturated rings. The van der Waals surface area contributed by atoms with Gasteiger partial charge in [0, 0.05) is 21.8 Å². The summed E-state index contributed by atoms with van der Waals surface area (Å²) in [5, 5.41) is 0.542. The maximum absolute atomic E-state index is 6.12. The van der Waals surface area contributed by atoms with Gasteiger partial charge in [-0.25, -0.2) is 0 Å². The van der Waals surface area contributed by atoms with Gasteiger partial charge in [-0.05, 0) is 24.3 Å². The van der Waals surface area contributed by atoms with Crippen molar-refractivity contribution in [3.63, 3.8) is 0 Å². The molecule has 110 valence electrons. The number of nitrogens with two attached hydrogens (primary N) is 1. The van der Waals surface area contributed by atoms with Gasteiger partial charge >= 0.3 is 0 Å². The van der Waals surface area contributed by atoms with Gasteiger partial charge in [-0.15, -0.1) is 0 Å². The van der Waals surface area contributed by atoms with Gasteiger partial charge < -0.3 is 19.9 Å². The van der Waals surface area contributed by atoms with Crippen LogP contribution in [0, 0.1) is 0 Å². The van der Waals surface area contributed by atoms with Crippen LogP contribution in [0.1, 0.15) is 5.56 Å². The standard InChI is InChI=1S/C15H13BrClNO3/c16-10-1-2-13(11(17)6-10)21-8-9-5-14-15(7-12(9)18)20-4-3-19-14/h1-2,5-7H,3-4,8,18H2. The average molecular weight is 371 g/mol. The lowest BCUT2D eigenvalue weighted by Gasteiger charge is -2.20. The summed E-state index contributed by atoms with van der Waals surface area (Å²) in [6.45, 7) is 1.39. The van der Waals surface area contributed by atoms with Crippen LogP contribution in [0.3, 0.4) is 0 Å². The van der Waals surface area contributed by atoms with Crippen LogP contribution in [-0.4, -0.2) is 13.2 Å². The van der Waals surface area contributed by atoms with E-state index in [1.54, 1.807) is 18.2 Å². The predicted molar refractivity (Wildman–Crippen MR) is 85.3 cm³/mol. The van der Waals surface area contributed by atoms with Gasteiger partial charge in [0.25, 0.3) is 0 Å². The van der Waals surface area contributed by atoms with E-state index in [9.17, 15) is 0 Å². The molecule has 0 saturated heterocycles. The summed E-state index contributed by atoms with van der Waals surface area (Å²) >= 11 is 9.47. The molecule has 4 nitrogen and oxygen atoms in total. The first-order valence-electron chi connectivity index (χ1n) is 6.39. The van der Waals surface area contributed by atoms with Crippen LogP contribution in [0.5, 0.6) is 17.2 Å². The molecule has 0 saturated carbocycles. The third-order valence-electron chi connectivity index (χ3n) is 3.08. The Morgan fingerprint density at radius 3 is 2.57 bits per heavy atom. The summed E-state index contributed by atoms with van der Waals surface area (Å²) < 4.78 is 17.6. The zero-order valence-corrected chi connectivity index (χ0v) is 13.4. The predicted octanol–water partition coefficient (Wildman–Crippen LogP) is 4.03. The first-order valence-corrected chi connectivity index (χ1v) is 7.56. The topological polar surface area (TPSA) is 53.7 Å². The van der Waals surface area contributed by atoms with Gasteiger partial charge in [0.15, 0.2) is 11.5 Å². The molecule has 2 aromatic rings. The molecule has 0 radical (unpaired) electrons. The molecule has 0 bridgehead atoms. The molecule has 2 N–H and O–H groups in total. The number of rotatable bonds is 3. The molecule has 0 aliphatic carbocycles. The van der Waals surface area contributed by atoms with E-state index in [1.807, 2.05) is 12.1 Å². The Morgan fingerprint density at radius 1 is 1.14 bits per heavy atom. The fourth-order valence-electron chi connectivity index (χ4n) is 2.02. The lowest BCUT2D eigenvalue weighted by molar-refractivity contribution is 0.171. The van der Waals surface area contributed by atoms with E-state index in [2.05, 4.69) is 15.9 Å². The fraction of sp³-hybridized carbons (Fsp3) is 0.200. The van der Waals surface area contributed by atoms with Crippen molar-refractivity contribution in [2.24, 2.45) is 0 Å². The van der Waals surface area contributed by atoms with E-state index in [0.717, 1.165) is 10.0 Å². The summed E-state index contributed by atoms with van der Waals surface area (Å²) in [5.41, 5.74) is 7.45. The second-order valence-corrected chi connectivity index (χ2v) is 5.88. The van der Waals surface area contributed by atoms with Crippen molar-refractivity contribution in [2.45, 2.75) is 6.61 Å². The number of hydrogen-bond acceptors (Lipinski definition) is 4. The Morgan fingerprint density at radius 2 is 1.86 bits per heavy atom. The summed E-state index contributed by atoms with van der Waals surface area (Å²) in [6, 6.07) is 9.06. The molecule has 0 aromatic heterocycles. The van der Waals surface area contributed by atoms with Crippen LogP contribution in [0.25, 0.3) is 0 Å². The minimum absolute atomic E-state index is 0.309. The van der Waals surface area contributed by atoms with E-state index in [4.69, 9.17) is 31.5 Å². The second-order valence-electron chi connectivity index (χ2n) is 4.56. The fourth-order valence-corrected chi connectivity index (χ4v) is 2.75. The molecule has 6 heteroatoms. The van der Waals surface area contributed by atoms with Crippen LogP contribution < -0.4 is 19.9 Å². The molecule has 2 aromatic carbocycles. The van der Waals surface area contributed by atoms with Crippen molar-refractivity contribution in [3.05, 3.63) is 45.4 Å². The van der Waals surface area contributed by atoms with Crippen molar-refractivity contribution < 1.29 is 14.2 Å². The summed E-state index contributed by atoms with van der Waals surface area (Å²) in [4.78, 5) is 0. The third-order valence-corrected chi connectivity index (χ3v) is 3.87. The summed E-state index contributed by atoms with van der Waals surface area (Å²) in [7, 11) is 0. The molecule has 0 amide bonds. The lowest BCUT2D eigenvalue weighted by Crippen LogP contribution is -2.16. The number of ether oxygens (including phenoxy) is 3. The van der Waals surface area contributed by atoms with Crippen LogP contribution >= 0.6 is 27.5 Å². The van der Waals surface area contributed by atoms with Gasteiger partial charge in [-0.2, -0.15) is 0 Å². The Kier molecular flexibility index (Phi) is 4.12. The highest BCUT2D eigenvalue weighted by molar-refractivity contribution is 9.10. The second kappa shape index (κ2) is 6.03. The first kappa shape index (κ1) is 14.4. The zero-order chi connectivity index (χ0) is 14.8. The van der Waals surface area contributed by atoms with Crippen molar-refractivity contribution in [1.82, 2.24) is 0 Å². The summed E-state index contributed by atoms with van der Waals surface area (Å²) in [5.74, 6) is 1.97. The van der Waals surface area contributed by atoms with E-state index in [1.165, 1.54) is 0 Å². The van der Waals surface area contributed by atoms with Crippen LogP contribution in [0.15, 0.2) is 34.8 Å². The number of hydrogen-bond donors (Lipinski definition) is 1. The molecule has 3 rings (SSSR count). The minimum atomic E-state index is 0.309. The van der Waals surface area contributed by atoms with E-state index < -0.39 is 0 Å². The maximum atomic E-state index is 6.12. The Balaban J connectivity index is 1.78. The number of fused-ring (bicyclic) bond motifs is 1. The first-order chi connectivity index (χ1) is 10.1. The number of anilines is 1. The molecule has 0 atom stereocenters. The van der Waals surface area contributed by atoms with E-state index in [-0.39, 0.29) is 0 Å². The highest BCUT2D eigenvalue weighted by Gasteiger charge is 2.15. The van der Waals surface area contributed by atoms with Crippen molar-refractivity contribution in [1.29, 1.82) is 0 Å². The SMILES string of the molecule is Nc1cc2c(cc1COc1ccc(Br)cc1Cl)OCCO2. The largest absolute Gasteiger partial charge is 0.487 e. The van der Waals surface area contributed by atoms with Crippen molar-refractivity contribution >= 4 is 33.2 Å². The normalized spacial score (nSPS) is 13.0. The van der Waals surface area contributed by atoms with Crippen LogP contribution in [0.4, 0.5) is 5.69 Å². The van der Waals surface area contributed by atoms with E-state index >= 15 is 0 Å². The Bertz CT molecular complexity index is 678. The molecule has 21 heavy (non-hydrogen) atoms. The van der Waals surface area contributed by atoms with Gasteiger partial charge in [-0.1, -0.05) is 27.5 Å². The van der Waals surface area contributed by atoms with E-state index in [0.29, 0.717) is 47.8 Å². The smallest absolute Gasteiger partial charge is 0.163 e. The highest BCUT2D eigenvalue weighted by Crippen LogP contribution is 2.35.